The first-order chi connectivity index (χ1) is 7.20. The Labute approximate surface area is 101 Å². The Morgan fingerprint density at radius 2 is 2.13 bits per heavy atom. The van der Waals surface area contributed by atoms with Gasteiger partial charge in [-0.05, 0) is 6.07 Å². The van der Waals surface area contributed by atoms with Crippen molar-refractivity contribution in [3.63, 3.8) is 0 Å². The summed E-state index contributed by atoms with van der Waals surface area (Å²) in [4.78, 5) is 4.65. The zero-order valence-electron chi connectivity index (χ0n) is 7.52. The lowest BCUT2D eigenvalue weighted by Gasteiger charge is -2.10. The van der Waals surface area contributed by atoms with Gasteiger partial charge in [0.25, 0.3) is 0 Å². The van der Waals surface area contributed by atoms with Gasteiger partial charge in [-0.15, -0.1) is 11.3 Å². The van der Waals surface area contributed by atoms with Crippen LogP contribution in [-0.4, -0.2) is 10.1 Å². The molecule has 0 bridgehead atoms. The third-order valence-corrected chi connectivity index (χ3v) is 3.66. The summed E-state index contributed by atoms with van der Waals surface area (Å²) < 4.78 is 0. The summed E-state index contributed by atoms with van der Waals surface area (Å²) in [6, 6.07) is 5.19. The van der Waals surface area contributed by atoms with Gasteiger partial charge in [0.1, 0.15) is 6.10 Å². The number of rotatable bonds is 2. The van der Waals surface area contributed by atoms with Crippen LogP contribution in [0.5, 0.6) is 0 Å². The number of aromatic nitrogens is 1. The smallest absolute Gasteiger partial charge is 0.116 e. The van der Waals surface area contributed by atoms with E-state index in [-0.39, 0.29) is 0 Å². The molecule has 1 atom stereocenters. The van der Waals surface area contributed by atoms with Gasteiger partial charge in [-0.2, -0.15) is 0 Å². The molecule has 1 N–H and O–H groups in total. The van der Waals surface area contributed by atoms with Crippen molar-refractivity contribution in [2.45, 2.75) is 6.10 Å². The van der Waals surface area contributed by atoms with Crippen LogP contribution in [0, 0.1) is 0 Å². The van der Waals surface area contributed by atoms with Gasteiger partial charge in [-0.3, -0.25) is 4.98 Å². The largest absolute Gasteiger partial charge is 0.383 e. The first-order valence-corrected chi connectivity index (χ1v) is 5.84. The van der Waals surface area contributed by atoms with Crippen molar-refractivity contribution in [2.24, 2.45) is 0 Å². The molecular formula is C10H7Cl2NOS. The maximum atomic E-state index is 10.0. The summed E-state index contributed by atoms with van der Waals surface area (Å²) in [6.07, 6.45) is 0.857. The predicted octanol–water partition coefficient (Wildman–Crippen LogP) is 3.53. The van der Waals surface area contributed by atoms with Gasteiger partial charge in [0.05, 0.1) is 20.4 Å². The maximum Gasteiger partial charge on any atom is 0.116 e. The molecule has 1 unspecified atom stereocenters. The van der Waals surface area contributed by atoms with Crippen molar-refractivity contribution in [1.29, 1.82) is 0 Å². The molecule has 2 rings (SSSR count). The Bertz CT molecular complexity index is 458. The molecule has 0 fully saturated rings. The van der Waals surface area contributed by atoms with Crippen molar-refractivity contribution in [3.05, 3.63) is 50.4 Å². The molecular weight excluding hydrogens is 253 g/mol. The van der Waals surface area contributed by atoms with Gasteiger partial charge in [0.2, 0.25) is 0 Å². The van der Waals surface area contributed by atoms with E-state index >= 15 is 0 Å². The van der Waals surface area contributed by atoms with Crippen LogP contribution < -0.4 is 0 Å². The van der Waals surface area contributed by atoms with Crippen LogP contribution >= 0.6 is 34.5 Å². The minimum atomic E-state index is -0.760. The lowest BCUT2D eigenvalue weighted by atomic mass is 10.1. The number of hydrogen-bond donors (Lipinski definition) is 1. The summed E-state index contributed by atoms with van der Waals surface area (Å²) in [7, 11) is 0. The van der Waals surface area contributed by atoms with E-state index in [2.05, 4.69) is 4.98 Å². The molecule has 5 heteroatoms. The lowest BCUT2D eigenvalue weighted by Crippen LogP contribution is -1.98. The molecule has 0 aliphatic heterocycles. The maximum absolute atomic E-state index is 10.0. The highest BCUT2D eigenvalue weighted by Gasteiger charge is 2.16. The van der Waals surface area contributed by atoms with Crippen molar-refractivity contribution >= 4 is 34.5 Å². The zero-order valence-corrected chi connectivity index (χ0v) is 9.85. The van der Waals surface area contributed by atoms with E-state index in [1.807, 2.05) is 0 Å². The van der Waals surface area contributed by atoms with E-state index < -0.39 is 6.10 Å². The fraction of sp³-hybridized carbons (Fsp3) is 0.100. The third-order valence-electron chi connectivity index (χ3n) is 2.00. The number of benzene rings is 1. The fourth-order valence-corrected chi connectivity index (χ4v) is 2.28. The van der Waals surface area contributed by atoms with Gasteiger partial charge in [-0.25, -0.2) is 0 Å². The van der Waals surface area contributed by atoms with Crippen LogP contribution in [-0.2, 0) is 0 Å². The average molecular weight is 260 g/mol. The predicted molar refractivity (Wildman–Crippen MR) is 62.6 cm³/mol. The van der Waals surface area contributed by atoms with Crippen LogP contribution in [0.3, 0.4) is 0 Å². The third kappa shape index (κ3) is 2.16. The molecule has 0 saturated carbocycles. The van der Waals surface area contributed by atoms with Crippen molar-refractivity contribution in [1.82, 2.24) is 4.98 Å². The van der Waals surface area contributed by atoms with Gasteiger partial charge in [-0.1, -0.05) is 35.3 Å². The Morgan fingerprint density at radius 3 is 2.80 bits per heavy atom. The fourth-order valence-electron chi connectivity index (χ4n) is 1.25. The van der Waals surface area contributed by atoms with Gasteiger partial charge < -0.3 is 5.11 Å². The first-order valence-electron chi connectivity index (χ1n) is 4.20. The molecule has 1 aromatic heterocycles. The average Bonchev–Trinajstić information content (AvgIpc) is 2.74. The molecule has 1 aromatic carbocycles. The molecule has 2 aromatic rings. The Balaban J connectivity index is 2.42. The van der Waals surface area contributed by atoms with Crippen molar-refractivity contribution < 1.29 is 5.11 Å². The summed E-state index contributed by atoms with van der Waals surface area (Å²) in [5.41, 5.74) is 2.27. The summed E-state index contributed by atoms with van der Waals surface area (Å²) >= 11 is 13.2. The highest BCUT2D eigenvalue weighted by atomic mass is 35.5. The number of hydrogen-bond acceptors (Lipinski definition) is 3. The number of thiazole rings is 1. The molecule has 1 heterocycles. The molecule has 0 amide bonds. The van der Waals surface area contributed by atoms with E-state index in [1.165, 1.54) is 11.3 Å². The molecule has 0 aliphatic carbocycles. The first kappa shape index (κ1) is 10.9. The van der Waals surface area contributed by atoms with Crippen LogP contribution in [0.1, 0.15) is 16.5 Å². The zero-order chi connectivity index (χ0) is 10.8. The summed E-state index contributed by atoms with van der Waals surface area (Å²) in [6.45, 7) is 0. The Hall–Kier alpha value is -0.610. The van der Waals surface area contributed by atoms with Gasteiger partial charge in [0.15, 0.2) is 0 Å². The minimum absolute atomic E-state index is 0.389. The van der Waals surface area contributed by atoms with E-state index in [9.17, 15) is 5.11 Å². The monoisotopic (exact) mass is 259 g/mol. The topological polar surface area (TPSA) is 33.1 Å². The van der Waals surface area contributed by atoms with Gasteiger partial charge >= 0.3 is 0 Å². The van der Waals surface area contributed by atoms with Crippen molar-refractivity contribution in [3.8, 4) is 0 Å². The molecule has 78 valence electrons. The number of aliphatic hydroxyl groups excluding tert-OH is 1. The summed E-state index contributed by atoms with van der Waals surface area (Å²) in [5.74, 6) is 0. The van der Waals surface area contributed by atoms with Crippen LogP contribution in [0.15, 0.2) is 29.9 Å². The molecule has 2 nitrogen and oxygen atoms in total. The second kappa shape index (κ2) is 4.49. The second-order valence-electron chi connectivity index (χ2n) is 2.95. The van der Waals surface area contributed by atoms with Crippen LogP contribution in [0.4, 0.5) is 0 Å². The minimum Gasteiger partial charge on any atom is -0.383 e. The van der Waals surface area contributed by atoms with Crippen LogP contribution in [0.25, 0.3) is 0 Å². The normalized spacial score (nSPS) is 12.7. The SMILES string of the molecule is OC(c1cncs1)c1cccc(Cl)c1Cl. The Morgan fingerprint density at radius 1 is 1.33 bits per heavy atom. The highest BCUT2D eigenvalue weighted by molar-refractivity contribution is 7.09. The molecule has 0 radical (unpaired) electrons. The van der Waals surface area contributed by atoms with E-state index in [1.54, 1.807) is 29.9 Å². The molecule has 0 aliphatic rings. The van der Waals surface area contributed by atoms with Gasteiger partial charge in [0, 0.05) is 11.8 Å². The number of nitrogens with zero attached hydrogens (tertiary/aromatic N) is 1. The summed E-state index contributed by atoms with van der Waals surface area (Å²) in [5, 5.41) is 10.8. The molecule has 0 saturated heterocycles. The Kier molecular flexibility index (Phi) is 3.26. The van der Waals surface area contributed by atoms with E-state index in [0.29, 0.717) is 15.6 Å². The molecule has 15 heavy (non-hydrogen) atoms. The quantitative estimate of drug-likeness (QED) is 0.895. The molecule has 0 spiro atoms. The number of aliphatic hydroxyl groups is 1. The second-order valence-corrected chi connectivity index (χ2v) is 4.65. The van der Waals surface area contributed by atoms with Crippen LogP contribution in [0.2, 0.25) is 10.0 Å². The van der Waals surface area contributed by atoms with Crippen molar-refractivity contribution in [2.75, 3.05) is 0 Å². The van der Waals surface area contributed by atoms with E-state index in [4.69, 9.17) is 23.2 Å². The standard InChI is InChI=1S/C10H7Cl2NOS/c11-7-3-1-2-6(9(7)12)10(14)8-4-13-5-15-8/h1-5,10,14H. The van der Waals surface area contributed by atoms with E-state index in [0.717, 1.165) is 4.88 Å². The highest BCUT2D eigenvalue weighted by Crippen LogP contribution is 2.33. The number of halogens is 2. The lowest BCUT2D eigenvalue weighted by molar-refractivity contribution is 0.224.